The van der Waals surface area contributed by atoms with Gasteiger partial charge in [0.05, 0.1) is 6.10 Å². The number of hydrogen-bond donors (Lipinski definition) is 2. The van der Waals surface area contributed by atoms with E-state index in [0.717, 1.165) is 5.56 Å². The first-order chi connectivity index (χ1) is 9.70. The van der Waals surface area contributed by atoms with Gasteiger partial charge in [0.1, 0.15) is 0 Å². The molecule has 0 aliphatic carbocycles. The molecule has 1 amide bonds. The molecule has 0 aliphatic rings. The van der Waals surface area contributed by atoms with Crippen molar-refractivity contribution in [1.82, 2.24) is 15.5 Å². The Kier molecular flexibility index (Phi) is 4.84. The van der Waals surface area contributed by atoms with Crippen LogP contribution in [-0.2, 0) is 0 Å². The smallest absolute Gasteiger partial charge is 0.273 e. The molecule has 2 heterocycles. The van der Waals surface area contributed by atoms with E-state index in [1.807, 2.05) is 13.0 Å². The number of nitrogens with one attached hydrogen (secondary N) is 1. The Labute approximate surface area is 116 Å². The van der Waals surface area contributed by atoms with E-state index < -0.39 is 6.10 Å². The van der Waals surface area contributed by atoms with E-state index in [4.69, 9.17) is 4.52 Å². The van der Waals surface area contributed by atoms with Gasteiger partial charge in [-0.2, -0.15) is 0 Å². The quantitative estimate of drug-likeness (QED) is 0.836. The Balaban J connectivity index is 1.93. The molecule has 6 heteroatoms. The molecule has 106 valence electrons. The van der Waals surface area contributed by atoms with Crippen molar-refractivity contribution in [2.45, 2.75) is 25.9 Å². The maximum absolute atomic E-state index is 11.8. The van der Waals surface area contributed by atoms with Gasteiger partial charge in [0, 0.05) is 30.6 Å². The molecule has 2 N–H and O–H groups in total. The predicted octanol–water partition coefficient (Wildman–Crippen LogP) is 1.63. The minimum atomic E-state index is -0.390. The number of pyridine rings is 1. The van der Waals surface area contributed by atoms with Crippen molar-refractivity contribution < 1.29 is 14.4 Å². The minimum absolute atomic E-state index is 0.217. The SMILES string of the molecule is CCC(O)CCNC(=O)c1cc(-c2cccnc2)on1. The van der Waals surface area contributed by atoms with Gasteiger partial charge in [-0.05, 0) is 25.0 Å². The Morgan fingerprint density at radius 2 is 2.40 bits per heavy atom. The van der Waals surface area contributed by atoms with Crippen LogP contribution in [0.3, 0.4) is 0 Å². The topological polar surface area (TPSA) is 88.2 Å². The minimum Gasteiger partial charge on any atom is -0.393 e. The number of aromatic nitrogens is 2. The van der Waals surface area contributed by atoms with Crippen LogP contribution in [0.5, 0.6) is 0 Å². The highest BCUT2D eigenvalue weighted by molar-refractivity contribution is 5.93. The Morgan fingerprint density at radius 3 is 3.10 bits per heavy atom. The van der Waals surface area contributed by atoms with Crippen LogP contribution in [0.1, 0.15) is 30.3 Å². The van der Waals surface area contributed by atoms with Crippen molar-refractivity contribution in [2.75, 3.05) is 6.54 Å². The summed E-state index contributed by atoms with van der Waals surface area (Å²) < 4.78 is 5.12. The summed E-state index contributed by atoms with van der Waals surface area (Å²) in [6, 6.07) is 5.18. The highest BCUT2D eigenvalue weighted by Gasteiger charge is 2.13. The predicted molar refractivity (Wildman–Crippen MR) is 73.0 cm³/mol. The molecule has 6 nitrogen and oxygen atoms in total. The van der Waals surface area contributed by atoms with Crippen molar-refractivity contribution >= 4 is 5.91 Å². The van der Waals surface area contributed by atoms with Crippen LogP contribution in [0.2, 0.25) is 0 Å². The first kappa shape index (κ1) is 14.2. The van der Waals surface area contributed by atoms with Crippen molar-refractivity contribution in [1.29, 1.82) is 0 Å². The molecule has 1 atom stereocenters. The molecule has 2 aromatic heterocycles. The fraction of sp³-hybridized carbons (Fsp3) is 0.357. The summed E-state index contributed by atoms with van der Waals surface area (Å²) in [5.41, 5.74) is 0.982. The molecular weight excluding hydrogens is 258 g/mol. The van der Waals surface area contributed by atoms with Crippen LogP contribution in [-0.4, -0.2) is 33.8 Å². The molecule has 0 saturated heterocycles. The van der Waals surface area contributed by atoms with Crippen LogP contribution >= 0.6 is 0 Å². The van der Waals surface area contributed by atoms with E-state index in [-0.39, 0.29) is 11.6 Å². The Bertz CT molecular complexity index is 554. The molecule has 0 aromatic carbocycles. The lowest BCUT2D eigenvalue weighted by molar-refractivity contribution is 0.0933. The summed E-state index contributed by atoms with van der Waals surface area (Å²) >= 11 is 0. The number of nitrogens with zero attached hydrogens (tertiary/aromatic N) is 2. The molecule has 0 spiro atoms. The lowest BCUT2D eigenvalue weighted by Crippen LogP contribution is -2.27. The largest absolute Gasteiger partial charge is 0.393 e. The summed E-state index contributed by atoms with van der Waals surface area (Å²) in [6.07, 6.45) is 4.10. The van der Waals surface area contributed by atoms with Gasteiger partial charge < -0.3 is 14.9 Å². The van der Waals surface area contributed by atoms with Gasteiger partial charge in [0.25, 0.3) is 5.91 Å². The zero-order chi connectivity index (χ0) is 14.4. The van der Waals surface area contributed by atoms with Crippen molar-refractivity contribution in [2.24, 2.45) is 0 Å². The van der Waals surface area contributed by atoms with Gasteiger partial charge >= 0.3 is 0 Å². The second-order valence-corrected chi connectivity index (χ2v) is 4.42. The highest BCUT2D eigenvalue weighted by Crippen LogP contribution is 2.18. The number of aliphatic hydroxyl groups excluding tert-OH is 1. The average Bonchev–Trinajstić information content (AvgIpc) is 2.97. The van der Waals surface area contributed by atoms with Gasteiger partial charge in [-0.3, -0.25) is 9.78 Å². The van der Waals surface area contributed by atoms with Crippen LogP contribution in [0.25, 0.3) is 11.3 Å². The third kappa shape index (κ3) is 3.64. The third-order valence-electron chi connectivity index (χ3n) is 2.92. The highest BCUT2D eigenvalue weighted by atomic mass is 16.5. The van der Waals surface area contributed by atoms with E-state index >= 15 is 0 Å². The first-order valence-electron chi connectivity index (χ1n) is 6.54. The standard InChI is InChI=1S/C14H17N3O3/c1-2-11(18)5-7-16-14(19)12-8-13(20-17-12)10-4-3-6-15-9-10/h3-4,6,8-9,11,18H,2,5,7H2,1H3,(H,16,19). The van der Waals surface area contributed by atoms with Crippen molar-refractivity contribution in [3.63, 3.8) is 0 Å². The zero-order valence-corrected chi connectivity index (χ0v) is 11.2. The Morgan fingerprint density at radius 1 is 1.55 bits per heavy atom. The van der Waals surface area contributed by atoms with Gasteiger partial charge in [0.2, 0.25) is 0 Å². The van der Waals surface area contributed by atoms with Crippen LogP contribution in [0, 0.1) is 0 Å². The van der Waals surface area contributed by atoms with E-state index in [1.165, 1.54) is 0 Å². The second-order valence-electron chi connectivity index (χ2n) is 4.42. The van der Waals surface area contributed by atoms with E-state index in [9.17, 15) is 9.90 Å². The lowest BCUT2D eigenvalue weighted by Gasteiger charge is -2.07. The summed E-state index contributed by atoms with van der Waals surface area (Å²) in [5.74, 6) is 0.184. The fourth-order valence-corrected chi connectivity index (χ4v) is 1.67. The summed E-state index contributed by atoms with van der Waals surface area (Å²) in [5, 5.41) is 15.8. The van der Waals surface area contributed by atoms with E-state index in [1.54, 1.807) is 24.5 Å². The molecule has 0 saturated carbocycles. The van der Waals surface area contributed by atoms with Gasteiger partial charge in [-0.15, -0.1) is 0 Å². The van der Waals surface area contributed by atoms with E-state index in [2.05, 4.69) is 15.5 Å². The van der Waals surface area contributed by atoms with Gasteiger partial charge in [-0.1, -0.05) is 12.1 Å². The summed E-state index contributed by atoms with van der Waals surface area (Å²) in [7, 11) is 0. The molecule has 2 aromatic rings. The number of hydrogen-bond acceptors (Lipinski definition) is 5. The van der Waals surface area contributed by atoms with Crippen molar-refractivity contribution in [3.05, 3.63) is 36.3 Å². The monoisotopic (exact) mass is 275 g/mol. The molecule has 0 bridgehead atoms. The normalized spacial score (nSPS) is 12.1. The molecule has 20 heavy (non-hydrogen) atoms. The van der Waals surface area contributed by atoms with Crippen molar-refractivity contribution in [3.8, 4) is 11.3 Å². The number of amides is 1. The van der Waals surface area contributed by atoms with Gasteiger partial charge in [-0.25, -0.2) is 0 Å². The molecule has 0 aliphatic heterocycles. The second kappa shape index (κ2) is 6.81. The molecule has 1 unspecified atom stereocenters. The zero-order valence-electron chi connectivity index (χ0n) is 11.2. The van der Waals surface area contributed by atoms with Crippen LogP contribution < -0.4 is 5.32 Å². The molecule has 0 fully saturated rings. The van der Waals surface area contributed by atoms with E-state index in [0.29, 0.717) is 25.1 Å². The third-order valence-corrected chi connectivity index (χ3v) is 2.92. The first-order valence-corrected chi connectivity index (χ1v) is 6.54. The maximum Gasteiger partial charge on any atom is 0.273 e. The van der Waals surface area contributed by atoms with Gasteiger partial charge in [0.15, 0.2) is 11.5 Å². The number of carbonyl (C=O) groups is 1. The molecular formula is C14H17N3O3. The lowest BCUT2D eigenvalue weighted by atomic mass is 10.2. The van der Waals surface area contributed by atoms with Crippen LogP contribution in [0.4, 0.5) is 0 Å². The summed E-state index contributed by atoms with van der Waals surface area (Å²) in [4.78, 5) is 15.8. The molecule has 0 radical (unpaired) electrons. The maximum atomic E-state index is 11.8. The summed E-state index contributed by atoms with van der Waals surface area (Å²) in [6.45, 7) is 2.30. The number of rotatable bonds is 6. The average molecular weight is 275 g/mol. The fourth-order valence-electron chi connectivity index (χ4n) is 1.67. The molecule has 2 rings (SSSR count). The Hall–Kier alpha value is -2.21. The number of carbonyl (C=O) groups excluding carboxylic acids is 1. The van der Waals surface area contributed by atoms with Crippen LogP contribution in [0.15, 0.2) is 35.1 Å². The number of aliphatic hydroxyl groups is 1.